The molecular formula is C23H18ClNO. The Hall–Kier alpha value is -2.71. The second-order valence-corrected chi connectivity index (χ2v) is 7.19. The molecule has 0 amide bonds. The van der Waals surface area contributed by atoms with E-state index in [1.165, 1.54) is 16.8 Å². The molecule has 0 saturated carbocycles. The third kappa shape index (κ3) is 2.58. The summed E-state index contributed by atoms with van der Waals surface area (Å²) in [6.07, 6.45) is 4.10. The Morgan fingerprint density at radius 3 is 2.65 bits per heavy atom. The first-order chi connectivity index (χ1) is 12.8. The van der Waals surface area contributed by atoms with E-state index < -0.39 is 0 Å². The Labute approximate surface area is 157 Å². The second-order valence-electron chi connectivity index (χ2n) is 6.76. The van der Waals surface area contributed by atoms with Gasteiger partial charge in [-0.2, -0.15) is 0 Å². The quantitative estimate of drug-likeness (QED) is 0.401. The molecule has 0 fully saturated rings. The zero-order chi connectivity index (χ0) is 17.5. The fraction of sp³-hybridized carbons (Fsp3) is 0.130. The summed E-state index contributed by atoms with van der Waals surface area (Å²) in [4.78, 5) is 0. The maximum atomic E-state index is 6.30. The number of hydrogen-bond acceptors (Lipinski definition) is 1. The Balaban J connectivity index is 1.61. The molecule has 1 atom stereocenters. The minimum Gasteiger partial charge on any atom is -0.440 e. The molecule has 0 bridgehead atoms. The van der Waals surface area contributed by atoms with Crippen molar-refractivity contribution in [2.75, 3.05) is 0 Å². The number of rotatable bonds is 2. The van der Waals surface area contributed by atoms with Gasteiger partial charge in [-0.25, -0.2) is 0 Å². The Morgan fingerprint density at radius 1 is 0.923 bits per heavy atom. The number of nitrogens with zero attached hydrogens (tertiary/aromatic N) is 1. The third-order valence-corrected chi connectivity index (χ3v) is 5.39. The molecule has 0 saturated heterocycles. The predicted octanol–water partition coefficient (Wildman–Crippen LogP) is 6.47. The highest BCUT2D eigenvalue weighted by atomic mass is 35.5. The summed E-state index contributed by atoms with van der Waals surface area (Å²) < 4.78 is 8.50. The van der Waals surface area contributed by atoms with Gasteiger partial charge in [0.05, 0.1) is 0 Å². The maximum Gasteiger partial charge on any atom is 0.207 e. The number of aromatic nitrogens is 1. The smallest absolute Gasteiger partial charge is 0.207 e. The number of halogens is 1. The van der Waals surface area contributed by atoms with Crippen molar-refractivity contribution in [3.63, 3.8) is 0 Å². The van der Waals surface area contributed by atoms with Gasteiger partial charge >= 0.3 is 0 Å². The topological polar surface area (TPSA) is 18.1 Å². The lowest BCUT2D eigenvalue weighted by Crippen LogP contribution is -2.05. The molecule has 5 rings (SSSR count). The number of furan rings is 1. The number of benzene rings is 2. The first kappa shape index (κ1) is 15.5. The summed E-state index contributed by atoms with van der Waals surface area (Å²) in [7, 11) is 0. The molecule has 3 heteroatoms. The van der Waals surface area contributed by atoms with Crippen LogP contribution in [0.2, 0.25) is 5.02 Å². The van der Waals surface area contributed by atoms with Gasteiger partial charge in [0.1, 0.15) is 5.76 Å². The van der Waals surface area contributed by atoms with Crippen LogP contribution in [0.1, 0.15) is 29.2 Å². The van der Waals surface area contributed by atoms with Crippen molar-refractivity contribution in [1.82, 2.24) is 4.57 Å². The van der Waals surface area contributed by atoms with Gasteiger partial charge in [-0.05, 0) is 48.7 Å². The van der Waals surface area contributed by atoms with Crippen molar-refractivity contribution >= 4 is 11.6 Å². The molecule has 2 aromatic carbocycles. The molecule has 0 radical (unpaired) electrons. The first-order valence-corrected chi connectivity index (χ1v) is 9.28. The van der Waals surface area contributed by atoms with Gasteiger partial charge < -0.3 is 4.42 Å². The van der Waals surface area contributed by atoms with Crippen LogP contribution >= 0.6 is 11.6 Å². The van der Waals surface area contributed by atoms with E-state index in [1.807, 2.05) is 30.3 Å². The molecule has 128 valence electrons. The van der Waals surface area contributed by atoms with Crippen LogP contribution in [0, 0.1) is 0 Å². The Kier molecular flexibility index (Phi) is 3.72. The number of hydrogen-bond donors (Lipinski definition) is 0. The minimum absolute atomic E-state index is 0.312. The Bertz CT molecular complexity index is 1060. The van der Waals surface area contributed by atoms with Crippen LogP contribution in [0.3, 0.4) is 0 Å². The van der Waals surface area contributed by atoms with E-state index in [-0.39, 0.29) is 0 Å². The Morgan fingerprint density at radius 2 is 1.81 bits per heavy atom. The minimum atomic E-state index is 0.312. The number of fused-ring (bicyclic) bond motifs is 3. The highest BCUT2D eigenvalue weighted by Gasteiger charge is 2.26. The molecule has 2 aromatic heterocycles. The van der Waals surface area contributed by atoms with Gasteiger partial charge in [-0.1, -0.05) is 54.1 Å². The zero-order valence-electron chi connectivity index (χ0n) is 14.2. The molecule has 0 spiro atoms. The van der Waals surface area contributed by atoms with E-state index >= 15 is 0 Å². The van der Waals surface area contributed by atoms with E-state index in [0.29, 0.717) is 5.92 Å². The van der Waals surface area contributed by atoms with Gasteiger partial charge in [0.2, 0.25) is 5.88 Å². The summed E-state index contributed by atoms with van der Waals surface area (Å²) in [5.41, 5.74) is 4.87. The maximum absolute atomic E-state index is 6.30. The lowest BCUT2D eigenvalue weighted by Gasteiger charge is -2.17. The van der Waals surface area contributed by atoms with Crippen LogP contribution in [0.4, 0.5) is 0 Å². The summed E-state index contributed by atoms with van der Waals surface area (Å²) in [5.74, 6) is 2.18. The highest BCUT2D eigenvalue weighted by Crippen LogP contribution is 2.39. The van der Waals surface area contributed by atoms with Crippen molar-refractivity contribution in [3.05, 3.63) is 101 Å². The molecule has 2 nitrogen and oxygen atoms in total. The predicted molar refractivity (Wildman–Crippen MR) is 105 cm³/mol. The van der Waals surface area contributed by atoms with Gasteiger partial charge in [0, 0.05) is 34.0 Å². The number of aryl methyl sites for hydroxylation is 1. The molecular weight excluding hydrogens is 342 g/mol. The van der Waals surface area contributed by atoms with E-state index in [9.17, 15) is 0 Å². The van der Waals surface area contributed by atoms with E-state index in [2.05, 4.69) is 53.2 Å². The molecule has 1 aliphatic rings. The van der Waals surface area contributed by atoms with Gasteiger partial charge in [0.25, 0.3) is 0 Å². The van der Waals surface area contributed by atoms with E-state index in [0.717, 1.165) is 35.1 Å². The van der Waals surface area contributed by atoms with E-state index in [1.54, 1.807) is 0 Å². The van der Waals surface area contributed by atoms with Gasteiger partial charge in [0.15, 0.2) is 0 Å². The summed E-state index contributed by atoms with van der Waals surface area (Å²) >= 11 is 6.24. The molecule has 1 unspecified atom stereocenters. The van der Waals surface area contributed by atoms with Crippen LogP contribution in [-0.4, -0.2) is 4.57 Å². The van der Waals surface area contributed by atoms with Crippen molar-refractivity contribution in [2.45, 2.75) is 18.8 Å². The highest BCUT2D eigenvalue weighted by molar-refractivity contribution is 6.30. The van der Waals surface area contributed by atoms with Gasteiger partial charge in [-0.3, -0.25) is 4.57 Å². The van der Waals surface area contributed by atoms with Crippen LogP contribution < -0.4 is 0 Å². The molecule has 1 aliphatic heterocycles. The first-order valence-electron chi connectivity index (χ1n) is 8.91. The molecule has 4 aromatic rings. The monoisotopic (exact) mass is 359 g/mol. The molecule has 0 N–H and O–H groups in total. The summed E-state index contributed by atoms with van der Waals surface area (Å²) in [6.45, 7) is 0. The fourth-order valence-electron chi connectivity index (χ4n) is 3.92. The lowest BCUT2D eigenvalue weighted by atomic mass is 9.91. The average molecular weight is 360 g/mol. The van der Waals surface area contributed by atoms with Crippen molar-refractivity contribution in [2.24, 2.45) is 0 Å². The fourth-order valence-corrected chi connectivity index (χ4v) is 4.12. The SMILES string of the molecule is Clc1cccc(C2CCc3cc(-c4ccccc4)oc3-n3cccc32)c1. The second kappa shape index (κ2) is 6.22. The van der Waals surface area contributed by atoms with Crippen LogP contribution in [0.15, 0.2) is 83.4 Å². The van der Waals surface area contributed by atoms with Crippen LogP contribution in [-0.2, 0) is 6.42 Å². The van der Waals surface area contributed by atoms with Crippen molar-refractivity contribution < 1.29 is 4.42 Å². The lowest BCUT2D eigenvalue weighted by molar-refractivity contribution is 0.545. The average Bonchev–Trinajstić information content (AvgIpc) is 3.28. The standard InChI is InChI=1S/C23H18ClNO/c24-19-9-4-8-17(14-19)20-12-11-18-15-22(16-6-2-1-3-7-16)26-23(18)25-13-5-10-21(20)25/h1-10,13-15,20H,11-12H2. The molecule has 3 heterocycles. The van der Waals surface area contributed by atoms with Gasteiger partial charge in [-0.15, -0.1) is 0 Å². The summed E-state index contributed by atoms with van der Waals surface area (Å²) in [6, 6.07) is 24.9. The molecule has 0 aliphatic carbocycles. The third-order valence-electron chi connectivity index (χ3n) is 5.15. The van der Waals surface area contributed by atoms with Crippen molar-refractivity contribution in [3.8, 4) is 17.2 Å². The normalized spacial score (nSPS) is 16.0. The summed E-state index contributed by atoms with van der Waals surface area (Å²) in [5, 5.41) is 0.785. The molecule has 26 heavy (non-hydrogen) atoms. The van der Waals surface area contributed by atoms with Crippen molar-refractivity contribution in [1.29, 1.82) is 0 Å². The largest absolute Gasteiger partial charge is 0.440 e. The van der Waals surface area contributed by atoms with Crippen LogP contribution in [0.5, 0.6) is 0 Å². The van der Waals surface area contributed by atoms with Crippen LogP contribution in [0.25, 0.3) is 17.2 Å². The zero-order valence-corrected chi connectivity index (χ0v) is 15.0. The van der Waals surface area contributed by atoms with E-state index in [4.69, 9.17) is 16.0 Å².